The second-order valence-electron chi connectivity index (χ2n) is 5.02. The molecule has 96 valence electrons. The minimum absolute atomic E-state index is 0.0277. The monoisotopic (exact) mass is 231 g/mol. The van der Waals surface area contributed by atoms with Crippen LogP contribution in [0.1, 0.15) is 40.0 Å². The molecule has 16 heavy (non-hydrogen) atoms. The van der Waals surface area contributed by atoms with Crippen molar-refractivity contribution in [1.82, 2.24) is 5.32 Å². The van der Waals surface area contributed by atoms with Crippen molar-refractivity contribution in [3.8, 4) is 0 Å². The number of rotatable bonds is 5. The van der Waals surface area contributed by atoms with Gasteiger partial charge in [0.2, 0.25) is 0 Å². The van der Waals surface area contributed by atoms with Gasteiger partial charge in [-0.25, -0.2) is 0 Å². The van der Waals surface area contributed by atoms with Crippen molar-refractivity contribution in [2.24, 2.45) is 0 Å². The van der Waals surface area contributed by atoms with Crippen LogP contribution in [-0.2, 0) is 4.74 Å². The van der Waals surface area contributed by atoms with E-state index in [4.69, 9.17) is 4.74 Å². The van der Waals surface area contributed by atoms with Crippen LogP contribution in [0.5, 0.6) is 0 Å². The van der Waals surface area contributed by atoms with Gasteiger partial charge in [-0.3, -0.25) is 0 Å². The first-order valence-corrected chi connectivity index (χ1v) is 6.20. The predicted octanol–water partition coefficient (Wildman–Crippen LogP) is 0.665. The molecule has 1 saturated heterocycles. The number of aliphatic hydroxyl groups excluding tert-OH is 2. The lowest BCUT2D eigenvalue weighted by atomic mass is 9.92. The lowest BCUT2D eigenvalue weighted by molar-refractivity contribution is -0.0519. The van der Waals surface area contributed by atoms with Gasteiger partial charge in [-0.05, 0) is 33.1 Å². The van der Waals surface area contributed by atoms with Gasteiger partial charge < -0.3 is 20.3 Å². The van der Waals surface area contributed by atoms with Crippen molar-refractivity contribution in [3.05, 3.63) is 0 Å². The third-order valence-electron chi connectivity index (χ3n) is 3.49. The van der Waals surface area contributed by atoms with E-state index in [0.717, 1.165) is 19.3 Å². The van der Waals surface area contributed by atoms with E-state index in [-0.39, 0.29) is 25.4 Å². The van der Waals surface area contributed by atoms with Crippen LogP contribution in [0.4, 0.5) is 0 Å². The van der Waals surface area contributed by atoms with Gasteiger partial charge in [0.05, 0.1) is 31.0 Å². The summed E-state index contributed by atoms with van der Waals surface area (Å²) in [5.41, 5.74) is -0.540. The average molecular weight is 231 g/mol. The molecule has 1 fully saturated rings. The molecule has 0 saturated carbocycles. The van der Waals surface area contributed by atoms with Crippen molar-refractivity contribution >= 4 is 0 Å². The third kappa shape index (κ3) is 3.42. The topological polar surface area (TPSA) is 61.7 Å². The molecule has 2 atom stereocenters. The minimum atomic E-state index is -0.540. The van der Waals surface area contributed by atoms with Crippen LogP contribution in [0.15, 0.2) is 0 Å². The maximum absolute atomic E-state index is 9.39. The maximum atomic E-state index is 9.39. The Bertz CT molecular complexity index is 188. The Labute approximate surface area is 98.0 Å². The fraction of sp³-hybridized carbons (Fsp3) is 1.00. The third-order valence-corrected chi connectivity index (χ3v) is 3.49. The second-order valence-corrected chi connectivity index (χ2v) is 5.02. The highest BCUT2D eigenvalue weighted by molar-refractivity contribution is 4.91. The van der Waals surface area contributed by atoms with E-state index in [9.17, 15) is 10.2 Å². The first kappa shape index (κ1) is 13.9. The van der Waals surface area contributed by atoms with Crippen LogP contribution >= 0.6 is 0 Å². The van der Waals surface area contributed by atoms with Crippen LogP contribution in [-0.4, -0.2) is 47.2 Å². The molecule has 0 aromatic carbocycles. The molecule has 1 heterocycles. The number of aliphatic hydroxyl groups is 2. The zero-order valence-electron chi connectivity index (χ0n) is 10.6. The van der Waals surface area contributed by atoms with Crippen LogP contribution in [0.25, 0.3) is 0 Å². The Morgan fingerprint density at radius 1 is 1.19 bits per heavy atom. The summed E-state index contributed by atoms with van der Waals surface area (Å²) in [6.07, 6.45) is 3.08. The Morgan fingerprint density at radius 2 is 1.69 bits per heavy atom. The first-order chi connectivity index (χ1) is 7.55. The van der Waals surface area contributed by atoms with E-state index < -0.39 is 5.54 Å². The van der Waals surface area contributed by atoms with Crippen molar-refractivity contribution in [2.45, 2.75) is 63.8 Å². The lowest BCUT2D eigenvalue weighted by Gasteiger charge is -2.39. The molecule has 4 nitrogen and oxygen atoms in total. The van der Waals surface area contributed by atoms with Gasteiger partial charge in [-0.2, -0.15) is 0 Å². The summed E-state index contributed by atoms with van der Waals surface area (Å²) in [4.78, 5) is 0. The quantitative estimate of drug-likeness (QED) is 0.650. The largest absolute Gasteiger partial charge is 0.394 e. The fourth-order valence-electron chi connectivity index (χ4n) is 2.42. The first-order valence-electron chi connectivity index (χ1n) is 6.20. The zero-order chi connectivity index (χ0) is 12.2. The molecule has 0 aromatic heterocycles. The predicted molar refractivity (Wildman–Crippen MR) is 63.4 cm³/mol. The molecule has 0 spiro atoms. The highest BCUT2D eigenvalue weighted by Crippen LogP contribution is 2.22. The Hall–Kier alpha value is -0.160. The molecule has 0 radical (unpaired) electrons. The summed E-state index contributed by atoms with van der Waals surface area (Å²) in [7, 11) is 0. The van der Waals surface area contributed by atoms with Gasteiger partial charge >= 0.3 is 0 Å². The standard InChI is InChI=1S/C12H25NO3/c1-4-12(7-14,8-15)13-11-5-9(2)16-10(3)6-11/h9-11,13-15H,4-8H2,1-3H3. The van der Waals surface area contributed by atoms with E-state index in [1.807, 2.05) is 6.92 Å². The van der Waals surface area contributed by atoms with E-state index in [1.165, 1.54) is 0 Å². The molecule has 0 aliphatic carbocycles. The summed E-state index contributed by atoms with van der Waals surface area (Å²) in [5.74, 6) is 0. The van der Waals surface area contributed by atoms with Gasteiger partial charge in [0.1, 0.15) is 0 Å². The molecule has 4 heteroatoms. The normalized spacial score (nSPS) is 31.7. The molecule has 0 bridgehead atoms. The second kappa shape index (κ2) is 5.96. The summed E-state index contributed by atoms with van der Waals surface area (Å²) in [6.45, 7) is 6.05. The maximum Gasteiger partial charge on any atom is 0.0647 e. The molecule has 2 unspecified atom stereocenters. The summed E-state index contributed by atoms with van der Waals surface area (Å²) >= 11 is 0. The SMILES string of the molecule is CCC(CO)(CO)NC1CC(C)OC(C)C1. The molecular formula is C12H25NO3. The molecular weight excluding hydrogens is 206 g/mol. The van der Waals surface area contributed by atoms with Crippen molar-refractivity contribution in [1.29, 1.82) is 0 Å². The lowest BCUT2D eigenvalue weighted by Crippen LogP contribution is -2.57. The van der Waals surface area contributed by atoms with Crippen molar-refractivity contribution in [3.63, 3.8) is 0 Å². The van der Waals surface area contributed by atoms with Crippen molar-refractivity contribution < 1.29 is 14.9 Å². The average Bonchev–Trinajstić information content (AvgIpc) is 2.25. The number of hydrogen-bond acceptors (Lipinski definition) is 4. The molecule has 1 rings (SSSR count). The van der Waals surface area contributed by atoms with Crippen LogP contribution in [0, 0.1) is 0 Å². The number of hydrogen-bond donors (Lipinski definition) is 3. The van der Waals surface area contributed by atoms with Crippen LogP contribution < -0.4 is 5.32 Å². The Balaban J connectivity index is 2.57. The minimum Gasteiger partial charge on any atom is -0.394 e. The number of nitrogens with one attached hydrogen (secondary N) is 1. The Kier molecular flexibility index (Phi) is 5.18. The molecule has 1 aliphatic heterocycles. The fourth-order valence-corrected chi connectivity index (χ4v) is 2.42. The van der Waals surface area contributed by atoms with Crippen LogP contribution in [0.3, 0.4) is 0 Å². The highest BCUT2D eigenvalue weighted by atomic mass is 16.5. The molecule has 0 aromatic rings. The van der Waals surface area contributed by atoms with Gasteiger partial charge in [-0.1, -0.05) is 6.92 Å². The summed E-state index contributed by atoms with van der Waals surface area (Å²) < 4.78 is 5.67. The highest BCUT2D eigenvalue weighted by Gasteiger charge is 2.33. The molecule has 0 amide bonds. The van der Waals surface area contributed by atoms with E-state index in [0.29, 0.717) is 6.04 Å². The van der Waals surface area contributed by atoms with Crippen LogP contribution in [0.2, 0.25) is 0 Å². The molecule has 3 N–H and O–H groups in total. The van der Waals surface area contributed by atoms with Gasteiger partial charge in [0.15, 0.2) is 0 Å². The van der Waals surface area contributed by atoms with Gasteiger partial charge in [0.25, 0.3) is 0 Å². The summed E-state index contributed by atoms with van der Waals surface area (Å²) in [6, 6.07) is 0.318. The van der Waals surface area contributed by atoms with E-state index >= 15 is 0 Å². The summed E-state index contributed by atoms with van der Waals surface area (Å²) in [5, 5.41) is 22.2. The Morgan fingerprint density at radius 3 is 2.06 bits per heavy atom. The molecule has 1 aliphatic rings. The smallest absolute Gasteiger partial charge is 0.0647 e. The van der Waals surface area contributed by atoms with E-state index in [1.54, 1.807) is 0 Å². The van der Waals surface area contributed by atoms with E-state index in [2.05, 4.69) is 19.2 Å². The van der Waals surface area contributed by atoms with Gasteiger partial charge in [-0.15, -0.1) is 0 Å². The van der Waals surface area contributed by atoms with Gasteiger partial charge in [0, 0.05) is 6.04 Å². The van der Waals surface area contributed by atoms with Crippen molar-refractivity contribution in [2.75, 3.05) is 13.2 Å². The number of ether oxygens (including phenoxy) is 1. The zero-order valence-corrected chi connectivity index (χ0v) is 10.6.